The summed E-state index contributed by atoms with van der Waals surface area (Å²) in [7, 11) is 0. The minimum Gasteiger partial charge on any atom is -0.309 e. The van der Waals surface area contributed by atoms with Crippen molar-refractivity contribution >= 4 is 0 Å². The third kappa shape index (κ3) is 6.22. The molecule has 1 N–H and O–H groups in total. The maximum atomic E-state index is 11.7. The summed E-state index contributed by atoms with van der Waals surface area (Å²) in [4.78, 5) is 0. The van der Waals surface area contributed by atoms with E-state index >= 15 is 0 Å². The number of ether oxygens (including phenoxy) is 1. The standard InChI is InChI=1S/C9H15F3N4O/c1-7(2)13-5-8-6-16(15-14-8)3-4-17-9(10,11)12/h6-7,13H,3-5H2,1-2H3. The van der Waals surface area contributed by atoms with Crippen molar-refractivity contribution in [3.63, 3.8) is 0 Å². The Kier molecular flexibility index (Phi) is 4.88. The van der Waals surface area contributed by atoms with Crippen molar-refractivity contribution in [3.8, 4) is 0 Å². The van der Waals surface area contributed by atoms with E-state index in [1.54, 1.807) is 6.20 Å². The molecule has 0 bridgehead atoms. The summed E-state index contributed by atoms with van der Waals surface area (Å²) in [5, 5.41) is 10.6. The fraction of sp³-hybridized carbons (Fsp3) is 0.778. The highest BCUT2D eigenvalue weighted by Gasteiger charge is 2.28. The fourth-order valence-electron chi connectivity index (χ4n) is 1.09. The van der Waals surface area contributed by atoms with Crippen LogP contribution in [0.1, 0.15) is 19.5 Å². The molecule has 1 heterocycles. The normalized spacial score (nSPS) is 12.4. The lowest BCUT2D eigenvalue weighted by Gasteiger charge is -2.06. The average molecular weight is 252 g/mol. The molecule has 0 atom stereocenters. The Balaban J connectivity index is 2.31. The first-order chi connectivity index (χ1) is 7.87. The Morgan fingerprint density at radius 1 is 1.47 bits per heavy atom. The lowest BCUT2D eigenvalue weighted by atomic mass is 10.3. The van der Waals surface area contributed by atoms with Gasteiger partial charge in [-0.3, -0.25) is 4.74 Å². The molecule has 0 aromatic carbocycles. The molecular weight excluding hydrogens is 237 g/mol. The van der Waals surface area contributed by atoms with Crippen molar-refractivity contribution in [2.24, 2.45) is 0 Å². The minimum absolute atomic E-state index is 0.0220. The van der Waals surface area contributed by atoms with Gasteiger partial charge in [-0.1, -0.05) is 19.1 Å². The van der Waals surface area contributed by atoms with Gasteiger partial charge in [0.1, 0.15) is 0 Å². The molecule has 0 aliphatic carbocycles. The molecule has 0 aliphatic heterocycles. The quantitative estimate of drug-likeness (QED) is 0.829. The van der Waals surface area contributed by atoms with Gasteiger partial charge in [-0.05, 0) is 0 Å². The number of alkyl halides is 3. The van der Waals surface area contributed by atoms with Gasteiger partial charge in [-0.15, -0.1) is 18.3 Å². The van der Waals surface area contributed by atoms with Crippen molar-refractivity contribution in [3.05, 3.63) is 11.9 Å². The first kappa shape index (κ1) is 13.9. The van der Waals surface area contributed by atoms with Gasteiger partial charge in [0.2, 0.25) is 0 Å². The predicted molar refractivity (Wildman–Crippen MR) is 54.0 cm³/mol. The molecule has 0 spiro atoms. The Morgan fingerprint density at radius 3 is 2.76 bits per heavy atom. The molecule has 1 aromatic rings. The van der Waals surface area contributed by atoms with Gasteiger partial charge in [0.05, 0.1) is 18.8 Å². The Bertz CT molecular complexity index is 337. The monoisotopic (exact) mass is 252 g/mol. The Morgan fingerprint density at radius 2 is 2.18 bits per heavy atom. The molecule has 0 amide bonds. The number of hydrogen-bond donors (Lipinski definition) is 1. The van der Waals surface area contributed by atoms with Crippen molar-refractivity contribution in [1.29, 1.82) is 0 Å². The van der Waals surface area contributed by atoms with E-state index in [-0.39, 0.29) is 6.54 Å². The van der Waals surface area contributed by atoms with Gasteiger partial charge in [0, 0.05) is 18.8 Å². The zero-order valence-electron chi connectivity index (χ0n) is 9.66. The molecular formula is C9H15F3N4O. The number of hydrogen-bond acceptors (Lipinski definition) is 4. The summed E-state index contributed by atoms with van der Waals surface area (Å²) in [6.07, 6.45) is -3.00. The van der Waals surface area contributed by atoms with E-state index in [9.17, 15) is 13.2 Å². The minimum atomic E-state index is -4.59. The number of nitrogens with zero attached hydrogens (tertiary/aromatic N) is 3. The van der Waals surface area contributed by atoms with E-state index in [4.69, 9.17) is 0 Å². The van der Waals surface area contributed by atoms with Crippen LogP contribution in [0.2, 0.25) is 0 Å². The average Bonchev–Trinajstić information content (AvgIpc) is 2.61. The van der Waals surface area contributed by atoms with Crippen LogP contribution in [0.5, 0.6) is 0 Å². The number of rotatable bonds is 6. The van der Waals surface area contributed by atoms with Crippen LogP contribution in [0.15, 0.2) is 6.20 Å². The van der Waals surface area contributed by atoms with E-state index in [2.05, 4.69) is 20.4 Å². The molecule has 0 fully saturated rings. The second-order valence-electron chi connectivity index (χ2n) is 3.80. The summed E-state index contributed by atoms with van der Waals surface area (Å²) >= 11 is 0. The number of halogens is 3. The fourth-order valence-corrected chi connectivity index (χ4v) is 1.09. The zero-order valence-corrected chi connectivity index (χ0v) is 9.66. The smallest absolute Gasteiger partial charge is 0.309 e. The van der Waals surface area contributed by atoms with Crippen LogP contribution >= 0.6 is 0 Å². The van der Waals surface area contributed by atoms with Crippen LogP contribution in [0, 0.1) is 0 Å². The largest absolute Gasteiger partial charge is 0.522 e. The highest BCUT2D eigenvalue weighted by atomic mass is 19.4. The lowest BCUT2D eigenvalue weighted by molar-refractivity contribution is -0.325. The zero-order chi connectivity index (χ0) is 12.9. The van der Waals surface area contributed by atoms with E-state index < -0.39 is 13.0 Å². The lowest BCUT2D eigenvalue weighted by Crippen LogP contribution is -2.22. The summed E-state index contributed by atoms with van der Waals surface area (Å²) in [6, 6.07) is 0.314. The van der Waals surface area contributed by atoms with Crippen LogP contribution < -0.4 is 5.32 Å². The molecule has 0 unspecified atom stereocenters. The highest BCUT2D eigenvalue weighted by molar-refractivity contribution is 4.91. The van der Waals surface area contributed by atoms with E-state index in [0.717, 1.165) is 0 Å². The van der Waals surface area contributed by atoms with Gasteiger partial charge >= 0.3 is 6.36 Å². The van der Waals surface area contributed by atoms with Crippen molar-refractivity contribution in [2.75, 3.05) is 6.61 Å². The van der Waals surface area contributed by atoms with Gasteiger partial charge in [0.25, 0.3) is 0 Å². The van der Waals surface area contributed by atoms with Crippen LogP contribution in [-0.4, -0.2) is 34.0 Å². The topological polar surface area (TPSA) is 52.0 Å². The van der Waals surface area contributed by atoms with E-state index in [0.29, 0.717) is 18.3 Å². The van der Waals surface area contributed by atoms with E-state index in [1.807, 2.05) is 13.8 Å². The van der Waals surface area contributed by atoms with Crippen molar-refractivity contribution in [1.82, 2.24) is 20.3 Å². The molecule has 0 saturated heterocycles. The first-order valence-corrected chi connectivity index (χ1v) is 5.20. The van der Waals surface area contributed by atoms with Gasteiger partial charge in [0.15, 0.2) is 0 Å². The van der Waals surface area contributed by atoms with Crippen LogP contribution in [0.4, 0.5) is 13.2 Å². The van der Waals surface area contributed by atoms with Crippen molar-refractivity contribution < 1.29 is 17.9 Å². The second kappa shape index (κ2) is 5.97. The molecule has 1 aromatic heterocycles. The maximum Gasteiger partial charge on any atom is 0.522 e. The third-order valence-corrected chi connectivity index (χ3v) is 1.86. The molecule has 0 saturated carbocycles. The van der Waals surface area contributed by atoms with Gasteiger partial charge in [-0.25, -0.2) is 4.68 Å². The number of aromatic nitrogens is 3. The first-order valence-electron chi connectivity index (χ1n) is 5.20. The molecule has 1 rings (SSSR count). The molecule has 98 valence electrons. The summed E-state index contributed by atoms with van der Waals surface area (Å²) in [5.41, 5.74) is 0.686. The van der Waals surface area contributed by atoms with E-state index in [1.165, 1.54) is 4.68 Å². The second-order valence-corrected chi connectivity index (χ2v) is 3.80. The predicted octanol–water partition coefficient (Wildman–Crippen LogP) is 1.31. The number of nitrogens with one attached hydrogen (secondary N) is 1. The Labute approximate surface area is 96.9 Å². The molecule has 17 heavy (non-hydrogen) atoms. The van der Waals surface area contributed by atoms with Crippen molar-refractivity contribution in [2.45, 2.75) is 39.3 Å². The molecule has 5 nitrogen and oxygen atoms in total. The molecule has 0 aliphatic rings. The molecule has 0 radical (unpaired) electrons. The summed E-state index contributed by atoms with van der Waals surface area (Å²) in [6.45, 7) is 4.07. The van der Waals surface area contributed by atoms with Crippen LogP contribution in [-0.2, 0) is 17.8 Å². The third-order valence-electron chi connectivity index (χ3n) is 1.86. The van der Waals surface area contributed by atoms with Gasteiger partial charge in [-0.2, -0.15) is 0 Å². The summed E-state index contributed by atoms with van der Waals surface area (Å²) < 4.78 is 40.0. The SMILES string of the molecule is CC(C)NCc1cn(CCOC(F)(F)F)nn1. The van der Waals surface area contributed by atoms with Crippen LogP contribution in [0.25, 0.3) is 0 Å². The maximum absolute atomic E-state index is 11.7. The Hall–Kier alpha value is -1.15. The highest BCUT2D eigenvalue weighted by Crippen LogP contribution is 2.15. The summed E-state index contributed by atoms with van der Waals surface area (Å²) in [5.74, 6) is 0. The molecule has 8 heteroatoms. The van der Waals surface area contributed by atoms with Gasteiger partial charge < -0.3 is 5.32 Å². The van der Waals surface area contributed by atoms with Crippen LogP contribution in [0.3, 0.4) is 0 Å².